The maximum Gasteiger partial charge on any atom is 0.231 e. The molecule has 0 fully saturated rings. The van der Waals surface area contributed by atoms with Crippen molar-refractivity contribution in [1.29, 1.82) is 0 Å². The van der Waals surface area contributed by atoms with Gasteiger partial charge >= 0.3 is 0 Å². The number of rotatable bonds is 5. The number of hydrogen-bond acceptors (Lipinski definition) is 8. The molecule has 0 aliphatic heterocycles. The summed E-state index contributed by atoms with van der Waals surface area (Å²) in [7, 11) is 3.90. The van der Waals surface area contributed by atoms with Crippen molar-refractivity contribution < 1.29 is 0 Å². The second-order valence-corrected chi connectivity index (χ2v) is 5.79. The van der Waals surface area contributed by atoms with Crippen LogP contribution < -0.4 is 0 Å². The average Bonchev–Trinajstić information content (AvgIpc) is 2.83. The summed E-state index contributed by atoms with van der Waals surface area (Å²) in [5.41, 5.74) is 0. The molecule has 18 heavy (non-hydrogen) atoms. The molecule has 0 radical (unpaired) electrons. The number of azo groups is 2. The van der Waals surface area contributed by atoms with Gasteiger partial charge in [-0.05, 0) is 27.1 Å². The van der Waals surface area contributed by atoms with Gasteiger partial charge in [0.1, 0.15) is 16.5 Å². The first kappa shape index (κ1) is 13.2. The van der Waals surface area contributed by atoms with Crippen LogP contribution in [0, 0.1) is 0 Å². The predicted molar refractivity (Wildman–Crippen MR) is 75.6 cm³/mol. The van der Waals surface area contributed by atoms with E-state index in [1.807, 2.05) is 32.0 Å². The smallest absolute Gasteiger partial charge is 0.231 e. The lowest BCUT2D eigenvalue weighted by atomic mass is 10.6. The second kappa shape index (κ2) is 6.07. The third-order valence-corrected chi connectivity index (χ3v) is 3.81. The Morgan fingerprint density at radius 2 is 2.06 bits per heavy atom. The molecular formula is C10H14N6S2. The summed E-state index contributed by atoms with van der Waals surface area (Å²) in [5.74, 6) is 0. The van der Waals surface area contributed by atoms with E-state index in [1.54, 1.807) is 0 Å². The quantitative estimate of drug-likeness (QED) is 0.776. The molecular weight excluding hydrogens is 268 g/mol. The standard InChI is InChI=1S/C10H14N6S2/c1-4-11-14-8-5-7-9(18-8)13-10(17-7)15-12-6-16(2)3/h5H,4,6H2,1-3H3. The molecule has 0 saturated heterocycles. The Kier molecular flexibility index (Phi) is 4.45. The van der Waals surface area contributed by atoms with Crippen molar-refractivity contribution in [2.24, 2.45) is 20.5 Å². The van der Waals surface area contributed by atoms with E-state index < -0.39 is 0 Å². The van der Waals surface area contributed by atoms with Gasteiger partial charge in [0, 0.05) is 0 Å². The third kappa shape index (κ3) is 3.37. The minimum atomic E-state index is 0.573. The summed E-state index contributed by atoms with van der Waals surface area (Å²) in [6.45, 7) is 3.23. The molecule has 96 valence electrons. The maximum atomic E-state index is 4.39. The van der Waals surface area contributed by atoms with Crippen LogP contribution in [0.2, 0.25) is 0 Å². The van der Waals surface area contributed by atoms with Crippen LogP contribution in [-0.4, -0.2) is 37.2 Å². The first-order chi connectivity index (χ1) is 8.69. The first-order valence-corrected chi connectivity index (χ1v) is 7.12. The SMILES string of the molecule is CCN=Nc1cc2sc(N=NCN(C)C)nc2s1. The minimum absolute atomic E-state index is 0.573. The highest BCUT2D eigenvalue weighted by Gasteiger charge is 2.07. The molecule has 0 aliphatic carbocycles. The highest BCUT2D eigenvalue weighted by Crippen LogP contribution is 2.38. The maximum absolute atomic E-state index is 4.39. The van der Waals surface area contributed by atoms with Crippen molar-refractivity contribution in [1.82, 2.24) is 9.88 Å². The summed E-state index contributed by atoms with van der Waals surface area (Å²) in [4.78, 5) is 7.29. The number of aromatic nitrogens is 1. The predicted octanol–water partition coefficient (Wildman–Crippen LogP) is 4.06. The number of thiazole rings is 1. The van der Waals surface area contributed by atoms with E-state index in [9.17, 15) is 0 Å². The average molecular weight is 282 g/mol. The number of thiophene rings is 1. The fourth-order valence-corrected chi connectivity index (χ4v) is 3.05. The summed E-state index contributed by atoms with van der Waals surface area (Å²) in [5, 5.41) is 17.8. The Hall–Kier alpha value is -1.25. The van der Waals surface area contributed by atoms with Crippen molar-refractivity contribution >= 4 is 42.3 Å². The van der Waals surface area contributed by atoms with Gasteiger partial charge in [0.15, 0.2) is 0 Å². The lowest BCUT2D eigenvalue weighted by Crippen LogP contribution is -2.09. The molecule has 6 nitrogen and oxygen atoms in total. The van der Waals surface area contributed by atoms with Crippen LogP contribution in [0.4, 0.5) is 10.1 Å². The fraction of sp³-hybridized carbons (Fsp3) is 0.500. The third-order valence-electron chi connectivity index (χ3n) is 1.88. The highest BCUT2D eigenvalue weighted by atomic mass is 32.1. The molecule has 2 aromatic heterocycles. The van der Waals surface area contributed by atoms with Crippen molar-refractivity contribution in [3.63, 3.8) is 0 Å². The zero-order valence-corrected chi connectivity index (χ0v) is 12.1. The van der Waals surface area contributed by atoms with Crippen LogP contribution in [-0.2, 0) is 0 Å². The van der Waals surface area contributed by atoms with E-state index in [0.29, 0.717) is 18.3 Å². The van der Waals surface area contributed by atoms with E-state index >= 15 is 0 Å². The van der Waals surface area contributed by atoms with Gasteiger partial charge in [-0.25, -0.2) is 4.98 Å². The lowest BCUT2D eigenvalue weighted by molar-refractivity contribution is 0.415. The molecule has 8 heteroatoms. The number of hydrogen-bond donors (Lipinski definition) is 0. The Bertz CT molecular complexity index is 536. The van der Waals surface area contributed by atoms with Crippen LogP contribution in [0.1, 0.15) is 6.92 Å². The van der Waals surface area contributed by atoms with Gasteiger partial charge in [-0.3, -0.25) is 4.90 Å². The molecule has 0 bridgehead atoms. The molecule has 0 atom stereocenters. The molecule has 2 rings (SSSR count). The molecule has 0 spiro atoms. The normalized spacial score (nSPS) is 12.7. The second-order valence-electron chi connectivity index (χ2n) is 3.77. The van der Waals surface area contributed by atoms with Crippen molar-refractivity contribution in [3.8, 4) is 0 Å². The zero-order valence-electron chi connectivity index (χ0n) is 10.5. The van der Waals surface area contributed by atoms with E-state index in [0.717, 1.165) is 14.5 Å². The molecule has 0 saturated carbocycles. The van der Waals surface area contributed by atoms with E-state index in [2.05, 4.69) is 25.4 Å². The molecule has 0 N–H and O–H groups in total. The van der Waals surface area contributed by atoms with Crippen LogP contribution in [0.3, 0.4) is 0 Å². The Morgan fingerprint density at radius 3 is 2.72 bits per heavy atom. The van der Waals surface area contributed by atoms with Gasteiger partial charge in [0.05, 0.1) is 11.2 Å². The van der Waals surface area contributed by atoms with Gasteiger partial charge in [-0.2, -0.15) is 10.2 Å². The molecule has 2 heterocycles. The monoisotopic (exact) mass is 282 g/mol. The summed E-state index contributed by atoms with van der Waals surface area (Å²) in [6, 6.07) is 1.99. The number of nitrogens with zero attached hydrogens (tertiary/aromatic N) is 6. The fourth-order valence-electron chi connectivity index (χ4n) is 1.16. The topological polar surface area (TPSA) is 65.6 Å². The van der Waals surface area contributed by atoms with Crippen LogP contribution in [0.25, 0.3) is 9.53 Å². The minimum Gasteiger partial charge on any atom is -0.289 e. The summed E-state index contributed by atoms with van der Waals surface area (Å²) < 4.78 is 1.09. The van der Waals surface area contributed by atoms with Gasteiger partial charge in [0.2, 0.25) is 5.13 Å². The Morgan fingerprint density at radius 1 is 1.22 bits per heavy atom. The molecule has 0 aromatic carbocycles. The molecule has 0 unspecified atom stereocenters. The molecule has 0 aliphatic rings. The van der Waals surface area contributed by atoms with E-state index in [1.165, 1.54) is 22.7 Å². The van der Waals surface area contributed by atoms with Crippen LogP contribution in [0.5, 0.6) is 0 Å². The van der Waals surface area contributed by atoms with Gasteiger partial charge < -0.3 is 0 Å². The highest BCUT2D eigenvalue weighted by molar-refractivity contribution is 7.30. The Balaban J connectivity index is 2.12. The first-order valence-electron chi connectivity index (χ1n) is 5.49. The van der Waals surface area contributed by atoms with Crippen molar-refractivity contribution in [2.45, 2.75) is 6.92 Å². The number of fused-ring (bicyclic) bond motifs is 1. The summed E-state index contributed by atoms with van der Waals surface area (Å²) >= 11 is 3.05. The van der Waals surface area contributed by atoms with Gasteiger partial charge in [0.25, 0.3) is 0 Å². The Labute approximate surface area is 113 Å². The molecule has 2 aromatic rings. The van der Waals surface area contributed by atoms with Crippen LogP contribution in [0.15, 0.2) is 26.5 Å². The lowest BCUT2D eigenvalue weighted by Gasteiger charge is -2.00. The van der Waals surface area contributed by atoms with Crippen molar-refractivity contribution in [3.05, 3.63) is 6.07 Å². The van der Waals surface area contributed by atoms with E-state index in [-0.39, 0.29) is 0 Å². The molecule has 0 amide bonds. The van der Waals surface area contributed by atoms with Crippen molar-refractivity contribution in [2.75, 3.05) is 27.3 Å². The largest absolute Gasteiger partial charge is 0.289 e. The van der Waals surface area contributed by atoms with Gasteiger partial charge in [-0.15, -0.1) is 10.2 Å². The van der Waals surface area contributed by atoms with Crippen LogP contribution >= 0.6 is 22.7 Å². The van der Waals surface area contributed by atoms with E-state index in [4.69, 9.17) is 0 Å². The summed E-state index contributed by atoms with van der Waals surface area (Å²) in [6.07, 6.45) is 0. The zero-order chi connectivity index (χ0) is 13.0. The van der Waals surface area contributed by atoms with Gasteiger partial charge in [-0.1, -0.05) is 22.7 Å².